The zero-order chi connectivity index (χ0) is 19.2. The maximum atomic E-state index is 11.9. The SMILES string of the molecule is Cc1ccc(NC(=O)NC(=O)COc2ccc(-n3cnnn3)cc2)cc1C. The molecule has 2 N–H and O–H groups in total. The molecule has 9 nitrogen and oxygen atoms in total. The van der Waals surface area contributed by atoms with E-state index in [9.17, 15) is 9.59 Å². The Labute approximate surface area is 155 Å². The minimum absolute atomic E-state index is 0.287. The summed E-state index contributed by atoms with van der Waals surface area (Å²) in [4.78, 5) is 23.8. The van der Waals surface area contributed by atoms with Crippen LogP contribution in [-0.2, 0) is 4.79 Å². The minimum atomic E-state index is -0.610. The van der Waals surface area contributed by atoms with Gasteiger partial charge in [0.05, 0.1) is 5.69 Å². The standard InChI is InChI=1S/C18H18N6O3/c1-12-3-4-14(9-13(12)2)20-18(26)21-17(25)10-27-16-7-5-15(6-8-16)24-11-19-22-23-24/h3-9,11H,10H2,1-2H3,(H2,20,21,25,26). The monoisotopic (exact) mass is 366 g/mol. The van der Waals surface area contributed by atoms with Crippen molar-refractivity contribution >= 4 is 17.6 Å². The highest BCUT2D eigenvalue weighted by molar-refractivity contribution is 6.01. The van der Waals surface area contributed by atoms with Gasteiger partial charge in [0, 0.05) is 5.69 Å². The largest absolute Gasteiger partial charge is 0.484 e. The van der Waals surface area contributed by atoms with Crippen molar-refractivity contribution in [1.82, 2.24) is 25.5 Å². The van der Waals surface area contributed by atoms with Gasteiger partial charge in [-0.05, 0) is 71.8 Å². The van der Waals surface area contributed by atoms with E-state index >= 15 is 0 Å². The van der Waals surface area contributed by atoms with E-state index in [2.05, 4.69) is 26.2 Å². The van der Waals surface area contributed by atoms with Crippen LogP contribution in [0, 0.1) is 13.8 Å². The molecule has 0 radical (unpaired) electrons. The summed E-state index contributed by atoms with van der Waals surface area (Å²) in [5.74, 6) is -0.0718. The Bertz CT molecular complexity index is 938. The fourth-order valence-electron chi connectivity index (χ4n) is 2.27. The fraction of sp³-hybridized carbons (Fsp3) is 0.167. The number of anilines is 1. The molecule has 0 bridgehead atoms. The summed E-state index contributed by atoms with van der Waals surface area (Å²) in [6.45, 7) is 3.64. The Morgan fingerprint density at radius 1 is 1.07 bits per heavy atom. The average molecular weight is 366 g/mol. The number of nitrogens with one attached hydrogen (secondary N) is 2. The van der Waals surface area contributed by atoms with Gasteiger partial charge in [-0.2, -0.15) is 0 Å². The molecule has 3 amide bonds. The Morgan fingerprint density at radius 2 is 1.85 bits per heavy atom. The third kappa shape index (κ3) is 4.88. The number of ether oxygens (including phenoxy) is 1. The first-order chi connectivity index (χ1) is 13.0. The third-order valence-electron chi connectivity index (χ3n) is 3.84. The van der Waals surface area contributed by atoms with Gasteiger partial charge in [-0.25, -0.2) is 9.48 Å². The summed E-state index contributed by atoms with van der Waals surface area (Å²) in [5.41, 5.74) is 3.54. The van der Waals surface area contributed by atoms with Crippen molar-refractivity contribution in [3.63, 3.8) is 0 Å². The van der Waals surface area contributed by atoms with E-state index in [4.69, 9.17) is 4.74 Å². The van der Waals surface area contributed by atoms with Gasteiger partial charge in [-0.3, -0.25) is 10.1 Å². The van der Waals surface area contributed by atoms with E-state index in [0.717, 1.165) is 16.8 Å². The molecule has 0 aliphatic heterocycles. The molecule has 138 valence electrons. The molecule has 2 aromatic carbocycles. The number of imide groups is 1. The number of nitrogens with zero attached hydrogens (tertiary/aromatic N) is 4. The Balaban J connectivity index is 1.47. The van der Waals surface area contributed by atoms with Crippen LogP contribution < -0.4 is 15.4 Å². The quantitative estimate of drug-likeness (QED) is 0.714. The van der Waals surface area contributed by atoms with Crippen molar-refractivity contribution in [2.75, 3.05) is 11.9 Å². The fourth-order valence-corrected chi connectivity index (χ4v) is 2.27. The maximum absolute atomic E-state index is 11.9. The van der Waals surface area contributed by atoms with Gasteiger partial charge in [-0.15, -0.1) is 5.10 Å². The number of aryl methyl sites for hydroxylation is 2. The number of hydrogen-bond acceptors (Lipinski definition) is 6. The van der Waals surface area contributed by atoms with Crippen LogP contribution in [-0.4, -0.2) is 38.8 Å². The molecule has 1 aromatic heterocycles. The van der Waals surface area contributed by atoms with E-state index in [0.29, 0.717) is 11.4 Å². The lowest BCUT2D eigenvalue weighted by atomic mass is 10.1. The summed E-state index contributed by atoms with van der Waals surface area (Å²) in [6, 6.07) is 11.7. The number of carbonyl (C=O) groups excluding carboxylic acids is 2. The first-order valence-electron chi connectivity index (χ1n) is 8.15. The lowest BCUT2D eigenvalue weighted by molar-refractivity contribution is -0.121. The van der Waals surface area contributed by atoms with Gasteiger partial charge in [0.2, 0.25) is 0 Å². The molecular formula is C18H18N6O3. The van der Waals surface area contributed by atoms with Gasteiger partial charge < -0.3 is 10.1 Å². The first kappa shape index (κ1) is 18.1. The van der Waals surface area contributed by atoms with Gasteiger partial charge in [0.1, 0.15) is 12.1 Å². The molecule has 0 unspecified atom stereocenters. The summed E-state index contributed by atoms with van der Waals surface area (Å²) >= 11 is 0. The molecule has 27 heavy (non-hydrogen) atoms. The van der Waals surface area contributed by atoms with Crippen LogP contribution in [0.25, 0.3) is 5.69 Å². The second-order valence-electron chi connectivity index (χ2n) is 5.84. The highest BCUT2D eigenvalue weighted by Crippen LogP contribution is 2.15. The van der Waals surface area contributed by atoms with Crippen molar-refractivity contribution in [3.8, 4) is 11.4 Å². The molecule has 0 saturated heterocycles. The Hall–Kier alpha value is -3.75. The number of rotatable bonds is 5. The number of amides is 3. The van der Waals surface area contributed by atoms with Crippen molar-refractivity contribution < 1.29 is 14.3 Å². The number of hydrogen-bond donors (Lipinski definition) is 2. The zero-order valence-corrected chi connectivity index (χ0v) is 14.8. The highest BCUT2D eigenvalue weighted by atomic mass is 16.5. The Kier molecular flexibility index (Phi) is 5.41. The van der Waals surface area contributed by atoms with E-state index in [-0.39, 0.29) is 6.61 Å². The molecule has 0 atom stereocenters. The van der Waals surface area contributed by atoms with E-state index in [1.165, 1.54) is 11.0 Å². The second kappa shape index (κ2) is 8.09. The van der Waals surface area contributed by atoms with Crippen LogP contribution >= 0.6 is 0 Å². The predicted octanol–water partition coefficient (Wildman–Crippen LogP) is 2.01. The number of tetrazole rings is 1. The van der Waals surface area contributed by atoms with E-state index < -0.39 is 11.9 Å². The molecule has 9 heteroatoms. The van der Waals surface area contributed by atoms with Crippen LogP contribution in [0.1, 0.15) is 11.1 Å². The average Bonchev–Trinajstić information content (AvgIpc) is 3.18. The third-order valence-corrected chi connectivity index (χ3v) is 3.84. The molecule has 3 rings (SSSR count). The molecule has 1 heterocycles. The minimum Gasteiger partial charge on any atom is -0.484 e. The van der Waals surface area contributed by atoms with Gasteiger partial charge >= 0.3 is 6.03 Å². The smallest absolute Gasteiger partial charge is 0.325 e. The highest BCUT2D eigenvalue weighted by Gasteiger charge is 2.09. The number of benzene rings is 2. The van der Waals surface area contributed by atoms with Crippen molar-refractivity contribution in [3.05, 3.63) is 59.9 Å². The summed E-state index contributed by atoms with van der Waals surface area (Å²) in [7, 11) is 0. The molecule has 0 spiro atoms. The molecule has 3 aromatic rings. The lowest BCUT2D eigenvalue weighted by Gasteiger charge is -2.09. The number of carbonyl (C=O) groups is 2. The summed E-state index contributed by atoms with van der Waals surface area (Å²) in [5, 5.41) is 15.7. The topological polar surface area (TPSA) is 111 Å². The normalized spacial score (nSPS) is 10.3. The summed E-state index contributed by atoms with van der Waals surface area (Å²) < 4.78 is 6.87. The molecular weight excluding hydrogens is 348 g/mol. The van der Waals surface area contributed by atoms with Crippen molar-refractivity contribution in [1.29, 1.82) is 0 Å². The van der Waals surface area contributed by atoms with Crippen LogP contribution in [0.4, 0.5) is 10.5 Å². The van der Waals surface area contributed by atoms with E-state index in [1.807, 2.05) is 26.0 Å². The van der Waals surface area contributed by atoms with Gasteiger partial charge in [0.15, 0.2) is 6.61 Å². The van der Waals surface area contributed by atoms with Crippen LogP contribution in [0.2, 0.25) is 0 Å². The van der Waals surface area contributed by atoms with Crippen molar-refractivity contribution in [2.45, 2.75) is 13.8 Å². The summed E-state index contributed by atoms with van der Waals surface area (Å²) in [6.07, 6.45) is 1.47. The first-order valence-corrected chi connectivity index (χ1v) is 8.15. The molecule has 0 fully saturated rings. The Morgan fingerprint density at radius 3 is 2.52 bits per heavy atom. The maximum Gasteiger partial charge on any atom is 0.325 e. The number of aromatic nitrogens is 4. The molecule has 0 aliphatic rings. The van der Waals surface area contributed by atoms with Crippen LogP contribution in [0.15, 0.2) is 48.8 Å². The van der Waals surface area contributed by atoms with Crippen LogP contribution in [0.3, 0.4) is 0 Å². The predicted molar refractivity (Wildman–Crippen MR) is 97.7 cm³/mol. The number of urea groups is 1. The second-order valence-corrected chi connectivity index (χ2v) is 5.84. The zero-order valence-electron chi connectivity index (χ0n) is 14.8. The van der Waals surface area contributed by atoms with E-state index in [1.54, 1.807) is 30.3 Å². The van der Waals surface area contributed by atoms with Crippen molar-refractivity contribution in [2.24, 2.45) is 0 Å². The lowest BCUT2D eigenvalue weighted by Crippen LogP contribution is -2.37. The molecule has 0 aliphatic carbocycles. The van der Waals surface area contributed by atoms with Gasteiger partial charge in [0.25, 0.3) is 5.91 Å². The molecule has 0 saturated carbocycles. The van der Waals surface area contributed by atoms with Gasteiger partial charge in [-0.1, -0.05) is 6.07 Å². The van der Waals surface area contributed by atoms with Crippen LogP contribution in [0.5, 0.6) is 5.75 Å².